The zero-order valence-corrected chi connectivity index (χ0v) is 20.9. The molecule has 4 amide bonds. The molecule has 210 valence electrons. The normalized spacial score (nSPS) is 13.9. The van der Waals surface area contributed by atoms with Crippen LogP contribution in [-0.4, -0.2) is 82.5 Å². The van der Waals surface area contributed by atoms with Gasteiger partial charge in [-0.15, -0.1) is 0 Å². The lowest BCUT2D eigenvalue weighted by atomic mass is 10.0. The largest absolute Gasteiger partial charge is 0.481 e. The van der Waals surface area contributed by atoms with Gasteiger partial charge in [-0.25, -0.2) is 4.79 Å². The number of amides is 4. The fourth-order valence-electron chi connectivity index (χ4n) is 3.11. The molecule has 0 aliphatic carbocycles. The summed E-state index contributed by atoms with van der Waals surface area (Å²) in [6.07, 6.45) is -0.918. The summed E-state index contributed by atoms with van der Waals surface area (Å²) >= 11 is 0. The molecular weight excluding hydrogens is 492 g/mol. The van der Waals surface area contributed by atoms with Crippen LogP contribution in [0, 0.1) is 5.92 Å². The topological polar surface area (TPSA) is 295 Å². The molecule has 0 saturated heterocycles. The number of guanidine groups is 1. The first-order valence-corrected chi connectivity index (χ1v) is 11.6. The Hall–Kier alpha value is -3.95. The Labute approximate surface area is 214 Å². The summed E-state index contributed by atoms with van der Waals surface area (Å²) in [4.78, 5) is 75.8. The number of primary amides is 1. The van der Waals surface area contributed by atoms with Crippen molar-refractivity contribution in [1.29, 1.82) is 0 Å². The van der Waals surface area contributed by atoms with Gasteiger partial charge in [0, 0.05) is 13.0 Å². The van der Waals surface area contributed by atoms with E-state index in [4.69, 9.17) is 22.9 Å². The Morgan fingerprint density at radius 1 is 0.811 bits per heavy atom. The van der Waals surface area contributed by atoms with Crippen molar-refractivity contribution in [2.75, 3.05) is 6.54 Å². The van der Waals surface area contributed by atoms with Crippen molar-refractivity contribution in [3.63, 3.8) is 0 Å². The van der Waals surface area contributed by atoms with Crippen LogP contribution in [0.25, 0.3) is 0 Å². The highest BCUT2D eigenvalue weighted by atomic mass is 16.4. The SMILES string of the molecule is CC(C)CC(NC(=O)C(CCC(N)=O)NC(=O)C(CC(=O)O)NC(=O)C(N)CCCN=C(N)N)C(=O)O. The summed E-state index contributed by atoms with van der Waals surface area (Å²) in [6, 6.07) is -5.44. The third-order valence-corrected chi connectivity index (χ3v) is 4.95. The maximum atomic E-state index is 12.8. The van der Waals surface area contributed by atoms with Crippen LogP contribution in [0.1, 0.15) is 52.4 Å². The van der Waals surface area contributed by atoms with Crippen molar-refractivity contribution >= 4 is 41.5 Å². The highest BCUT2D eigenvalue weighted by molar-refractivity contribution is 5.95. The monoisotopic (exact) mass is 530 g/mol. The Morgan fingerprint density at radius 2 is 1.35 bits per heavy atom. The van der Waals surface area contributed by atoms with Crippen molar-refractivity contribution in [3.8, 4) is 0 Å². The Kier molecular flexibility index (Phi) is 14.9. The second-order valence-corrected chi connectivity index (χ2v) is 8.81. The lowest BCUT2D eigenvalue weighted by Crippen LogP contribution is -2.57. The first kappa shape index (κ1) is 33.0. The highest BCUT2D eigenvalue weighted by Gasteiger charge is 2.31. The van der Waals surface area contributed by atoms with E-state index in [0.717, 1.165) is 0 Å². The zero-order chi connectivity index (χ0) is 28.7. The molecule has 0 spiro atoms. The first-order valence-electron chi connectivity index (χ1n) is 11.6. The van der Waals surface area contributed by atoms with E-state index in [1.54, 1.807) is 13.8 Å². The van der Waals surface area contributed by atoms with Crippen molar-refractivity contribution in [3.05, 3.63) is 0 Å². The molecule has 0 fully saturated rings. The van der Waals surface area contributed by atoms with E-state index in [9.17, 15) is 39.0 Å². The standard InChI is InChI=1S/C21H38N8O8/c1-10(2)8-14(20(36)37)29-18(34)12(5-6-15(23)30)27-19(35)13(9-16(31)32)28-17(33)11(22)4-3-7-26-21(24)25/h10-14H,3-9,22H2,1-2H3,(H2,23,30)(H,27,35)(H,28,33)(H,29,34)(H,31,32)(H,36,37)(H4,24,25,26). The number of carbonyl (C=O) groups is 6. The van der Waals surface area contributed by atoms with E-state index >= 15 is 0 Å². The number of carboxylic acids is 2. The van der Waals surface area contributed by atoms with Crippen LogP contribution in [0.3, 0.4) is 0 Å². The molecule has 16 heteroatoms. The number of nitrogens with two attached hydrogens (primary N) is 4. The predicted molar refractivity (Wildman–Crippen MR) is 131 cm³/mol. The second kappa shape index (κ2) is 16.7. The molecule has 0 aromatic rings. The van der Waals surface area contributed by atoms with Gasteiger partial charge in [0.1, 0.15) is 18.1 Å². The van der Waals surface area contributed by atoms with E-state index in [1.807, 2.05) is 0 Å². The molecule has 0 aromatic heterocycles. The van der Waals surface area contributed by atoms with Gasteiger partial charge >= 0.3 is 11.9 Å². The minimum atomic E-state index is -1.62. The average Bonchev–Trinajstić information content (AvgIpc) is 2.76. The number of carbonyl (C=O) groups excluding carboxylic acids is 4. The minimum Gasteiger partial charge on any atom is -0.481 e. The van der Waals surface area contributed by atoms with E-state index < -0.39 is 66.2 Å². The van der Waals surface area contributed by atoms with Gasteiger partial charge < -0.3 is 49.1 Å². The van der Waals surface area contributed by atoms with Gasteiger partial charge in [-0.05, 0) is 31.6 Å². The van der Waals surface area contributed by atoms with Crippen molar-refractivity contribution < 1.29 is 39.0 Å². The summed E-state index contributed by atoms with van der Waals surface area (Å²) in [5, 5.41) is 25.4. The molecule has 0 radical (unpaired) electrons. The number of aliphatic carboxylic acids is 2. The average molecular weight is 531 g/mol. The molecule has 4 atom stereocenters. The molecule has 0 heterocycles. The smallest absolute Gasteiger partial charge is 0.326 e. The van der Waals surface area contributed by atoms with E-state index in [0.29, 0.717) is 6.42 Å². The lowest BCUT2D eigenvalue weighted by molar-refractivity contribution is -0.143. The van der Waals surface area contributed by atoms with E-state index in [2.05, 4.69) is 20.9 Å². The number of carboxylic acid groups (broad SMARTS) is 2. The Balaban J connectivity index is 5.50. The number of aliphatic imine (C=N–C) groups is 1. The molecule has 0 saturated carbocycles. The number of hydrogen-bond donors (Lipinski definition) is 9. The van der Waals surface area contributed by atoms with Crippen LogP contribution in [0.4, 0.5) is 0 Å². The molecule has 0 aromatic carbocycles. The number of hydrogen-bond acceptors (Lipinski definition) is 8. The van der Waals surface area contributed by atoms with Gasteiger partial charge in [-0.2, -0.15) is 0 Å². The van der Waals surface area contributed by atoms with E-state index in [-0.39, 0.29) is 44.1 Å². The van der Waals surface area contributed by atoms with Gasteiger partial charge in [0.2, 0.25) is 23.6 Å². The van der Waals surface area contributed by atoms with Crippen LogP contribution in [-0.2, 0) is 28.8 Å². The van der Waals surface area contributed by atoms with Gasteiger partial charge in [0.25, 0.3) is 0 Å². The second-order valence-electron chi connectivity index (χ2n) is 8.81. The summed E-state index contributed by atoms with van der Waals surface area (Å²) in [5.41, 5.74) is 21.3. The molecule has 0 bridgehead atoms. The van der Waals surface area contributed by atoms with Crippen LogP contribution in [0.5, 0.6) is 0 Å². The maximum Gasteiger partial charge on any atom is 0.326 e. The van der Waals surface area contributed by atoms with Gasteiger partial charge in [0.05, 0.1) is 12.5 Å². The number of nitrogens with zero attached hydrogens (tertiary/aromatic N) is 1. The van der Waals surface area contributed by atoms with Crippen LogP contribution >= 0.6 is 0 Å². The Morgan fingerprint density at radius 3 is 1.84 bits per heavy atom. The third-order valence-electron chi connectivity index (χ3n) is 4.95. The highest BCUT2D eigenvalue weighted by Crippen LogP contribution is 2.07. The molecule has 13 N–H and O–H groups in total. The summed E-state index contributed by atoms with van der Waals surface area (Å²) in [5.74, 6) is -6.53. The quantitative estimate of drug-likeness (QED) is 0.0480. The summed E-state index contributed by atoms with van der Waals surface area (Å²) < 4.78 is 0. The zero-order valence-electron chi connectivity index (χ0n) is 20.9. The molecule has 0 rings (SSSR count). The summed E-state index contributed by atoms with van der Waals surface area (Å²) in [7, 11) is 0. The van der Waals surface area contributed by atoms with Gasteiger partial charge in [-0.1, -0.05) is 13.8 Å². The predicted octanol–water partition coefficient (Wildman–Crippen LogP) is -3.31. The van der Waals surface area contributed by atoms with Gasteiger partial charge in [0.15, 0.2) is 5.96 Å². The molecule has 0 aliphatic rings. The molecule has 0 aliphatic heterocycles. The van der Waals surface area contributed by atoms with Crippen LogP contribution < -0.4 is 38.9 Å². The van der Waals surface area contributed by atoms with Crippen LogP contribution in [0.15, 0.2) is 4.99 Å². The van der Waals surface area contributed by atoms with Crippen LogP contribution in [0.2, 0.25) is 0 Å². The van der Waals surface area contributed by atoms with Crippen molar-refractivity contribution in [2.24, 2.45) is 33.8 Å². The van der Waals surface area contributed by atoms with Gasteiger partial charge in [-0.3, -0.25) is 29.0 Å². The lowest BCUT2D eigenvalue weighted by Gasteiger charge is -2.25. The summed E-state index contributed by atoms with van der Waals surface area (Å²) in [6.45, 7) is 3.70. The first-order chi connectivity index (χ1) is 17.1. The number of nitrogens with one attached hydrogen (secondary N) is 3. The van der Waals surface area contributed by atoms with Crippen molar-refractivity contribution in [2.45, 2.75) is 76.5 Å². The Bertz CT molecular complexity index is 859. The number of rotatable bonds is 18. The van der Waals surface area contributed by atoms with Crippen molar-refractivity contribution in [1.82, 2.24) is 16.0 Å². The third kappa shape index (κ3) is 14.9. The fourth-order valence-corrected chi connectivity index (χ4v) is 3.11. The molecular formula is C21H38N8O8. The molecule has 37 heavy (non-hydrogen) atoms. The molecule has 4 unspecified atom stereocenters. The molecule has 16 nitrogen and oxygen atoms in total. The van der Waals surface area contributed by atoms with E-state index in [1.165, 1.54) is 0 Å². The minimum absolute atomic E-state index is 0.0844. The maximum absolute atomic E-state index is 12.8. The fraction of sp³-hybridized carbons (Fsp3) is 0.667.